The molecule has 1 aromatic rings. The topological polar surface area (TPSA) is 52.6 Å². The van der Waals surface area contributed by atoms with Gasteiger partial charge in [0.15, 0.2) is 0 Å². The van der Waals surface area contributed by atoms with Gasteiger partial charge in [0, 0.05) is 13.6 Å². The molecule has 0 bridgehead atoms. The Bertz CT molecular complexity index is 454. The number of hydrogen-bond acceptors (Lipinski definition) is 2. The normalized spacial score (nSPS) is 17.4. The van der Waals surface area contributed by atoms with Crippen LogP contribution in [-0.2, 0) is 0 Å². The van der Waals surface area contributed by atoms with Gasteiger partial charge in [0.05, 0.1) is 12.1 Å². The van der Waals surface area contributed by atoms with E-state index in [1.807, 2.05) is 38.1 Å². The first-order valence-corrected chi connectivity index (χ1v) is 7.23. The molecule has 2 rings (SSSR count). The number of aliphatic hydroxyl groups excluding tert-OH is 1. The van der Waals surface area contributed by atoms with Crippen molar-refractivity contribution in [3.05, 3.63) is 35.4 Å². The molecule has 1 aromatic carbocycles. The van der Waals surface area contributed by atoms with Crippen LogP contribution in [0.3, 0.4) is 0 Å². The molecule has 110 valence electrons. The Morgan fingerprint density at radius 1 is 1.40 bits per heavy atom. The molecule has 4 heteroatoms. The highest BCUT2D eigenvalue weighted by Crippen LogP contribution is 2.32. The van der Waals surface area contributed by atoms with Crippen molar-refractivity contribution in [3.8, 4) is 0 Å². The minimum atomic E-state index is -0.388. The number of amides is 2. The summed E-state index contributed by atoms with van der Waals surface area (Å²) in [7, 11) is 1.72. The van der Waals surface area contributed by atoms with Crippen LogP contribution in [0.4, 0.5) is 4.79 Å². The Kier molecular flexibility index (Phi) is 4.65. The van der Waals surface area contributed by atoms with Gasteiger partial charge in [-0.05, 0) is 38.2 Å². The van der Waals surface area contributed by atoms with Crippen LogP contribution in [0.1, 0.15) is 36.9 Å². The van der Waals surface area contributed by atoms with E-state index in [2.05, 4.69) is 5.32 Å². The Balaban J connectivity index is 1.84. The highest BCUT2D eigenvalue weighted by Gasteiger charge is 2.31. The number of hydrogen-bond donors (Lipinski definition) is 2. The standard InChI is InChI=1S/C16H24N2O2/c1-11-4-6-13(7-5-11)12(2)17-16(20)18(3)10-15(19)14-8-9-14/h4-7,12,14-15,19H,8-10H2,1-3H3,(H,17,20). The maximum atomic E-state index is 12.1. The number of nitrogens with one attached hydrogen (secondary N) is 1. The van der Waals surface area contributed by atoms with E-state index in [1.54, 1.807) is 11.9 Å². The molecule has 2 N–H and O–H groups in total. The minimum absolute atomic E-state index is 0.0383. The van der Waals surface area contributed by atoms with E-state index in [9.17, 15) is 9.90 Å². The van der Waals surface area contributed by atoms with E-state index in [4.69, 9.17) is 0 Å². The van der Waals surface area contributed by atoms with Crippen molar-refractivity contribution in [2.24, 2.45) is 5.92 Å². The number of likely N-dealkylation sites (N-methyl/N-ethyl adjacent to an activating group) is 1. The third kappa shape index (κ3) is 3.97. The molecule has 1 aliphatic rings. The van der Waals surface area contributed by atoms with Crippen LogP contribution >= 0.6 is 0 Å². The summed E-state index contributed by atoms with van der Waals surface area (Å²) in [5.74, 6) is 0.389. The number of nitrogens with zero attached hydrogens (tertiary/aromatic N) is 1. The number of carbonyl (C=O) groups is 1. The zero-order valence-corrected chi connectivity index (χ0v) is 12.5. The molecule has 1 aliphatic carbocycles. The Morgan fingerprint density at radius 2 is 2.00 bits per heavy atom. The van der Waals surface area contributed by atoms with Gasteiger partial charge in [-0.15, -0.1) is 0 Å². The number of aliphatic hydroxyl groups is 1. The fourth-order valence-electron chi connectivity index (χ4n) is 2.23. The molecule has 0 saturated heterocycles. The smallest absolute Gasteiger partial charge is 0.317 e. The zero-order chi connectivity index (χ0) is 14.7. The van der Waals surface area contributed by atoms with Crippen LogP contribution in [0.25, 0.3) is 0 Å². The van der Waals surface area contributed by atoms with E-state index in [-0.39, 0.29) is 18.2 Å². The molecule has 0 heterocycles. The first-order valence-electron chi connectivity index (χ1n) is 7.23. The van der Waals surface area contributed by atoms with Gasteiger partial charge in [0.1, 0.15) is 0 Å². The summed E-state index contributed by atoms with van der Waals surface area (Å²) in [5, 5.41) is 12.8. The van der Waals surface area contributed by atoms with Crippen molar-refractivity contribution in [3.63, 3.8) is 0 Å². The van der Waals surface area contributed by atoms with E-state index in [0.717, 1.165) is 18.4 Å². The average Bonchev–Trinajstić information content (AvgIpc) is 3.23. The summed E-state index contributed by atoms with van der Waals surface area (Å²) < 4.78 is 0. The van der Waals surface area contributed by atoms with Crippen molar-refractivity contribution in [1.82, 2.24) is 10.2 Å². The molecular weight excluding hydrogens is 252 g/mol. The predicted molar refractivity (Wildman–Crippen MR) is 79.5 cm³/mol. The maximum Gasteiger partial charge on any atom is 0.317 e. The largest absolute Gasteiger partial charge is 0.391 e. The van der Waals surface area contributed by atoms with Gasteiger partial charge in [-0.25, -0.2) is 4.79 Å². The summed E-state index contributed by atoms with van der Waals surface area (Å²) in [6, 6.07) is 7.96. The highest BCUT2D eigenvalue weighted by molar-refractivity contribution is 5.74. The zero-order valence-electron chi connectivity index (χ0n) is 12.5. The molecule has 1 saturated carbocycles. The number of benzene rings is 1. The lowest BCUT2D eigenvalue weighted by atomic mass is 10.1. The Morgan fingerprint density at radius 3 is 2.55 bits per heavy atom. The fraction of sp³-hybridized carbons (Fsp3) is 0.562. The van der Waals surface area contributed by atoms with Gasteiger partial charge in [0.2, 0.25) is 0 Å². The molecule has 0 spiro atoms. The Labute approximate surface area is 120 Å². The van der Waals surface area contributed by atoms with Crippen LogP contribution in [0, 0.1) is 12.8 Å². The SMILES string of the molecule is Cc1ccc(C(C)NC(=O)N(C)CC(O)C2CC2)cc1. The van der Waals surface area contributed by atoms with Crippen LogP contribution in [0.5, 0.6) is 0 Å². The molecule has 0 aliphatic heterocycles. The molecular formula is C16H24N2O2. The quantitative estimate of drug-likeness (QED) is 0.868. The molecule has 2 amide bonds. The van der Waals surface area contributed by atoms with E-state index in [0.29, 0.717) is 12.5 Å². The minimum Gasteiger partial charge on any atom is -0.391 e. The summed E-state index contributed by atoms with van der Waals surface area (Å²) in [4.78, 5) is 13.6. The lowest BCUT2D eigenvalue weighted by Crippen LogP contribution is -2.42. The van der Waals surface area contributed by atoms with Crippen molar-refractivity contribution in [2.75, 3.05) is 13.6 Å². The number of urea groups is 1. The van der Waals surface area contributed by atoms with Crippen molar-refractivity contribution < 1.29 is 9.90 Å². The molecule has 2 unspecified atom stereocenters. The Hall–Kier alpha value is -1.55. The second kappa shape index (κ2) is 6.27. The lowest BCUT2D eigenvalue weighted by molar-refractivity contribution is 0.113. The van der Waals surface area contributed by atoms with Gasteiger partial charge in [0.25, 0.3) is 0 Å². The first kappa shape index (κ1) is 14.9. The van der Waals surface area contributed by atoms with Crippen molar-refractivity contribution in [1.29, 1.82) is 0 Å². The second-order valence-electron chi connectivity index (χ2n) is 5.87. The van der Waals surface area contributed by atoms with Gasteiger partial charge >= 0.3 is 6.03 Å². The summed E-state index contributed by atoms with van der Waals surface area (Å²) in [6.07, 6.45) is 1.77. The molecule has 0 aromatic heterocycles. The summed E-state index contributed by atoms with van der Waals surface area (Å²) >= 11 is 0. The molecule has 2 atom stereocenters. The van der Waals surface area contributed by atoms with Gasteiger partial charge in [-0.1, -0.05) is 29.8 Å². The molecule has 1 fully saturated rings. The van der Waals surface area contributed by atoms with Gasteiger partial charge in [-0.3, -0.25) is 0 Å². The first-order chi connectivity index (χ1) is 9.47. The van der Waals surface area contributed by atoms with Crippen LogP contribution in [0.2, 0.25) is 0 Å². The van der Waals surface area contributed by atoms with E-state index < -0.39 is 0 Å². The predicted octanol–water partition coefficient (Wildman–Crippen LogP) is 2.47. The molecule has 20 heavy (non-hydrogen) atoms. The third-order valence-electron chi connectivity index (χ3n) is 3.89. The van der Waals surface area contributed by atoms with Gasteiger partial charge < -0.3 is 15.3 Å². The lowest BCUT2D eigenvalue weighted by Gasteiger charge is -2.23. The van der Waals surface area contributed by atoms with Crippen LogP contribution in [0.15, 0.2) is 24.3 Å². The number of rotatable bonds is 5. The third-order valence-corrected chi connectivity index (χ3v) is 3.89. The summed E-state index contributed by atoms with van der Waals surface area (Å²) in [6.45, 7) is 4.41. The van der Waals surface area contributed by atoms with E-state index in [1.165, 1.54) is 5.56 Å². The number of aryl methyl sites for hydroxylation is 1. The van der Waals surface area contributed by atoms with Crippen molar-refractivity contribution in [2.45, 2.75) is 38.8 Å². The second-order valence-corrected chi connectivity index (χ2v) is 5.87. The fourth-order valence-corrected chi connectivity index (χ4v) is 2.23. The highest BCUT2D eigenvalue weighted by atomic mass is 16.3. The van der Waals surface area contributed by atoms with Gasteiger partial charge in [-0.2, -0.15) is 0 Å². The average molecular weight is 276 g/mol. The summed E-state index contributed by atoms with van der Waals surface area (Å²) in [5.41, 5.74) is 2.29. The number of carbonyl (C=O) groups excluding carboxylic acids is 1. The monoisotopic (exact) mass is 276 g/mol. The van der Waals surface area contributed by atoms with E-state index >= 15 is 0 Å². The maximum absolute atomic E-state index is 12.1. The molecule has 0 radical (unpaired) electrons. The van der Waals surface area contributed by atoms with Crippen LogP contribution in [-0.4, -0.2) is 35.7 Å². The van der Waals surface area contributed by atoms with Crippen LogP contribution < -0.4 is 5.32 Å². The molecule has 4 nitrogen and oxygen atoms in total. The van der Waals surface area contributed by atoms with Crippen molar-refractivity contribution >= 4 is 6.03 Å².